The quantitative estimate of drug-likeness (QED) is 0.739. The molecule has 0 saturated heterocycles. The van der Waals surface area contributed by atoms with Gasteiger partial charge in [-0.1, -0.05) is 54.6 Å². The van der Waals surface area contributed by atoms with Crippen LogP contribution in [0.4, 0.5) is 0 Å². The fourth-order valence-electron chi connectivity index (χ4n) is 3.50. The molecule has 0 N–H and O–H groups in total. The second kappa shape index (κ2) is 9.33. The normalized spacial score (nSPS) is 15.2. The van der Waals surface area contributed by atoms with Crippen LogP contribution in [0.5, 0.6) is 0 Å². The Balaban J connectivity index is 1.82. The molecule has 0 saturated carbocycles. The Kier molecular flexibility index (Phi) is 6.61. The van der Waals surface area contributed by atoms with Crippen molar-refractivity contribution < 1.29 is 14.3 Å². The SMILES string of the molecule is COCCN(Cc1ccccc1)C(=O)C[C@@H]1c2ccccc2C=CN1C(C)=O. The maximum atomic E-state index is 13.2. The summed E-state index contributed by atoms with van der Waals surface area (Å²) in [6.45, 7) is 3.03. The van der Waals surface area contributed by atoms with Crippen molar-refractivity contribution in [1.82, 2.24) is 9.80 Å². The van der Waals surface area contributed by atoms with Crippen molar-refractivity contribution in [2.75, 3.05) is 20.3 Å². The van der Waals surface area contributed by atoms with Crippen LogP contribution in [0.15, 0.2) is 60.8 Å². The van der Waals surface area contributed by atoms with Crippen LogP contribution in [0.2, 0.25) is 0 Å². The summed E-state index contributed by atoms with van der Waals surface area (Å²) in [7, 11) is 1.63. The minimum atomic E-state index is -0.299. The molecule has 0 spiro atoms. The molecule has 1 heterocycles. The zero-order valence-electron chi connectivity index (χ0n) is 16.4. The van der Waals surface area contributed by atoms with Crippen molar-refractivity contribution in [3.63, 3.8) is 0 Å². The van der Waals surface area contributed by atoms with Gasteiger partial charge in [0.15, 0.2) is 0 Å². The van der Waals surface area contributed by atoms with Gasteiger partial charge in [0.1, 0.15) is 0 Å². The highest BCUT2D eigenvalue weighted by atomic mass is 16.5. The van der Waals surface area contributed by atoms with Crippen LogP contribution >= 0.6 is 0 Å². The van der Waals surface area contributed by atoms with Crippen molar-refractivity contribution >= 4 is 17.9 Å². The number of carbonyl (C=O) groups is 2. The summed E-state index contributed by atoms with van der Waals surface area (Å²) < 4.78 is 5.20. The van der Waals surface area contributed by atoms with Gasteiger partial charge < -0.3 is 14.5 Å². The number of rotatable bonds is 7. The minimum Gasteiger partial charge on any atom is -0.383 e. The molecule has 0 bridgehead atoms. The van der Waals surface area contributed by atoms with Crippen molar-refractivity contribution in [3.05, 3.63) is 77.5 Å². The molecule has 1 aliphatic heterocycles. The van der Waals surface area contributed by atoms with Crippen molar-refractivity contribution in [1.29, 1.82) is 0 Å². The highest BCUT2D eigenvalue weighted by molar-refractivity contribution is 5.82. The molecule has 2 aromatic carbocycles. The van der Waals surface area contributed by atoms with Gasteiger partial charge in [-0.3, -0.25) is 9.59 Å². The average molecular weight is 378 g/mol. The third-order valence-electron chi connectivity index (χ3n) is 4.97. The van der Waals surface area contributed by atoms with Crippen LogP contribution in [-0.2, 0) is 20.9 Å². The largest absolute Gasteiger partial charge is 0.383 e. The number of nitrogens with zero attached hydrogens (tertiary/aromatic N) is 2. The van der Waals surface area contributed by atoms with Crippen LogP contribution in [0, 0.1) is 0 Å². The number of amides is 2. The molecule has 3 rings (SSSR count). The molecule has 5 nitrogen and oxygen atoms in total. The number of hydrogen-bond acceptors (Lipinski definition) is 3. The van der Waals surface area contributed by atoms with Gasteiger partial charge >= 0.3 is 0 Å². The third kappa shape index (κ3) is 4.67. The second-order valence-corrected chi connectivity index (χ2v) is 6.88. The molecule has 2 amide bonds. The maximum absolute atomic E-state index is 13.2. The van der Waals surface area contributed by atoms with E-state index in [4.69, 9.17) is 4.74 Å². The highest BCUT2D eigenvalue weighted by Crippen LogP contribution is 2.33. The van der Waals surface area contributed by atoms with Gasteiger partial charge in [-0.2, -0.15) is 0 Å². The van der Waals surface area contributed by atoms with Crippen LogP contribution < -0.4 is 0 Å². The number of ether oxygens (including phenoxy) is 1. The standard InChI is InChI=1S/C23H26N2O3/c1-18(26)25-13-12-20-10-6-7-11-21(20)22(25)16-23(27)24(14-15-28-2)17-19-8-4-3-5-9-19/h3-13,22H,14-17H2,1-2H3/t22-/m1/s1. The summed E-state index contributed by atoms with van der Waals surface area (Å²) in [4.78, 5) is 28.8. The van der Waals surface area contributed by atoms with Gasteiger partial charge in [0, 0.05) is 33.3 Å². The molecular formula is C23H26N2O3. The van der Waals surface area contributed by atoms with E-state index in [1.807, 2.05) is 60.7 Å². The fourth-order valence-corrected chi connectivity index (χ4v) is 3.50. The molecule has 5 heteroatoms. The van der Waals surface area contributed by atoms with Gasteiger partial charge in [0.25, 0.3) is 0 Å². The predicted molar refractivity (Wildman–Crippen MR) is 109 cm³/mol. The molecule has 0 fully saturated rings. The lowest BCUT2D eigenvalue weighted by Gasteiger charge is -2.34. The van der Waals surface area contributed by atoms with Crippen LogP contribution in [0.25, 0.3) is 6.08 Å². The van der Waals surface area contributed by atoms with Crippen LogP contribution in [-0.4, -0.2) is 41.9 Å². The van der Waals surface area contributed by atoms with Gasteiger partial charge in [0.05, 0.1) is 19.1 Å². The number of carbonyl (C=O) groups excluding carboxylic acids is 2. The first-order chi connectivity index (χ1) is 13.6. The highest BCUT2D eigenvalue weighted by Gasteiger charge is 2.29. The summed E-state index contributed by atoms with van der Waals surface area (Å²) in [6.07, 6.45) is 3.93. The van der Waals surface area contributed by atoms with E-state index in [1.54, 1.807) is 23.1 Å². The Hall–Kier alpha value is -2.92. The Morgan fingerprint density at radius 2 is 1.79 bits per heavy atom. The van der Waals surface area contributed by atoms with E-state index >= 15 is 0 Å². The summed E-state index contributed by atoms with van der Waals surface area (Å²) in [5.74, 6) is -0.0719. The zero-order chi connectivity index (χ0) is 19.9. The molecule has 28 heavy (non-hydrogen) atoms. The lowest BCUT2D eigenvalue weighted by atomic mass is 9.93. The molecule has 0 unspecified atom stereocenters. The van der Waals surface area contributed by atoms with E-state index in [1.165, 1.54) is 6.92 Å². The van der Waals surface area contributed by atoms with E-state index in [0.717, 1.165) is 16.7 Å². The van der Waals surface area contributed by atoms with E-state index in [0.29, 0.717) is 19.7 Å². The molecule has 1 atom stereocenters. The molecule has 146 valence electrons. The first kappa shape index (κ1) is 19.8. The summed E-state index contributed by atoms with van der Waals surface area (Å²) in [5, 5.41) is 0. The second-order valence-electron chi connectivity index (χ2n) is 6.88. The van der Waals surface area contributed by atoms with Gasteiger partial charge in [-0.15, -0.1) is 0 Å². The predicted octanol–water partition coefficient (Wildman–Crippen LogP) is 3.63. The maximum Gasteiger partial charge on any atom is 0.225 e. The Labute approximate surface area is 166 Å². The number of hydrogen-bond donors (Lipinski definition) is 0. The Bertz CT molecular complexity index is 848. The zero-order valence-corrected chi connectivity index (χ0v) is 16.4. The summed E-state index contributed by atoms with van der Waals surface area (Å²) in [6, 6.07) is 17.5. The van der Waals surface area contributed by atoms with E-state index < -0.39 is 0 Å². The number of benzene rings is 2. The monoisotopic (exact) mass is 378 g/mol. The lowest BCUT2D eigenvalue weighted by molar-refractivity contribution is -0.135. The van der Waals surface area contributed by atoms with Crippen LogP contribution in [0.3, 0.4) is 0 Å². The van der Waals surface area contributed by atoms with Gasteiger partial charge in [0.2, 0.25) is 11.8 Å². The molecule has 0 aliphatic carbocycles. The fraction of sp³-hybridized carbons (Fsp3) is 0.304. The molecule has 0 radical (unpaired) electrons. The van der Waals surface area contributed by atoms with Gasteiger partial charge in [-0.05, 0) is 22.8 Å². The third-order valence-corrected chi connectivity index (χ3v) is 4.97. The number of fused-ring (bicyclic) bond motifs is 1. The van der Waals surface area contributed by atoms with E-state index in [-0.39, 0.29) is 24.3 Å². The van der Waals surface area contributed by atoms with Gasteiger partial charge in [-0.25, -0.2) is 0 Å². The molecule has 0 aromatic heterocycles. The molecule has 2 aromatic rings. The number of methoxy groups -OCH3 is 1. The van der Waals surface area contributed by atoms with Crippen molar-refractivity contribution in [3.8, 4) is 0 Å². The van der Waals surface area contributed by atoms with E-state index in [9.17, 15) is 9.59 Å². The summed E-state index contributed by atoms with van der Waals surface area (Å²) >= 11 is 0. The molecular weight excluding hydrogens is 352 g/mol. The van der Waals surface area contributed by atoms with E-state index in [2.05, 4.69) is 0 Å². The molecule has 1 aliphatic rings. The smallest absolute Gasteiger partial charge is 0.225 e. The first-order valence-corrected chi connectivity index (χ1v) is 9.47. The Morgan fingerprint density at radius 3 is 2.50 bits per heavy atom. The van der Waals surface area contributed by atoms with Crippen molar-refractivity contribution in [2.24, 2.45) is 0 Å². The Morgan fingerprint density at radius 1 is 1.07 bits per heavy atom. The topological polar surface area (TPSA) is 49.9 Å². The van der Waals surface area contributed by atoms with Crippen molar-refractivity contribution in [2.45, 2.75) is 25.9 Å². The minimum absolute atomic E-state index is 0.00209. The lowest BCUT2D eigenvalue weighted by Crippen LogP contribution is -2.38. The summed E-state index contributed by atoms with van der Waals surface area (Å²) in [5.41, 5.74) is 3.11. The van der Waals surface area contributed by atoms with Crippen LogP contribution in [0.1, 0.15) is 36.1 Å². The average Bonchev–Trinajstić information content (AvgIpc) is 2.71. The first-order valence-electron chi connectivity index (χ1n) is 9.47.